The highest BCUT2D eigenvalue weighted by atomic mass is 35.5. The van der Waals surface area contributed by atoms with Crippen LogP contribution in [0.1, 0.15) is 5.56 Å². The molecule has 3 aromatic rings. The topological polar surface area (TPSA) is 102 Å². The molecular weight excluding hydrogens is 405 g/mol. The predicted octanol–water partition coefficient (Wildman–Crippen LogP) is 3.37. The number of hydrogen-bond donors (Lipinski definition) is 2. The minimum atomic E-state index is -4.09. The number of nitrogens with zero attached hydrogens (tertiary/aromatic N) is 1. The first-order valence-electron chi connectivity index (χ1n) is 8.06. The Morgan fingerprint density at radius 3 is 2.54 bits per heavy atom. The van der Waals surface area contributed by atoms with Gasteiger partial charge in [0.15, 0.2) is 0 Å². The third-order valence-corrected chi connectivity index (χ3v) is 5.09. The van der Waals surface area contributed by atoms with E-state index in [1.165, 1.54) is 48.7 Å². The number of sulfonamides is 1. The van der Waals surface area contributed by atoms with Crippen LogP contribution in [0.3, 0.4) is 0 Å². The zero-order chi connectivity index (χ0) is 20.3. The van der Waals surface area contributed by atoms with Crippen LogP contribution < -0.4 is 10.5 Å². The molecule has 9 heteroatoms. The highest BCUT2D eigenvalue weighted by Gasteiger charge is 2.17. The van der Waals surface area contributed by atoms with Crippen LogP contribution in [0.15, 0.2) is 65.7 Å². The van der Waals surface area contributed by atoms with Gasteiger partial charge in [-0.2, -0.15) is 0 Å². The molecular formula is C19H15ClFN3O3S. The van der Waals surface area contributed by atoms with Gasteiger partial charge < -0.3 is 5.32 Å². The molecule has 0 spiro atoms. The average molecular weight is 420 g/mol. The van der Waals surface area contributed by atoms with Gasteiger partial charge in [0, 0.05) is 23.0 Å². The van der Waals surface area contributed by atoms with Crippen molar-refractivity contribution in [2.24, 2.45) is 5.14 Å². The molecule has 0 fully saturated rings. The summed E-state index contributed by atoms with van der Waals surface area (Å²) in [5.41, 5.74) is 1.27. The van der Waals surface area contributed by atoms with Crippen molar-refractivity contribution in [1.29, 1.82) is 0 Å². The number of nitrogens with one attached hydrogen (secondary N) is 1. The first-order valence-corrected chi connectivity index (χ1v) is 9.98. The molecule has 3 N–H and O–H groups in total. The summed E-state index contributed by atoms with van der Waals surface area (Å²) in [6.45, 7) is 0. The molecule has 0 aliphatic rings. The van der Waals surface area contributed by atoms with Gasteiger partial charge in [-0.1, -0.05) is 35.9 Å². The summed E-state index contributed by atoms with van der Waals surface area (Å²) in [5, 5.41) is 8.15. The number of nitrogens with two attached hydrogens (primary N) is 1. The van der Waals surface area contributed by atoms with Gasteiger partial charge in [0.2, 0.25) is 15.9 Å². The first kappa shape index (κ1) is 19.9. The minimum absolute atomic E-state index is 0.180. The van der Waals surface area contributed by atoms with E-state index in [1.54, 1.807) is 12.1 Å². The lowest BCUT2D eigenvalue weighted by Gasteiger charge is -2.12. The number of pyridine rings is 1. The van der Waals surface area contributed by atoms with E-state index >= 15 is 0 Å². The fraction of sp³-hybridized carbons (Fsp3) is 0.0526. The zero-order valence-electron chi connectivity index (χ0n) is 14.4. The largest absolute Gasteiger partial charge is 0.326 e. The maximum atomic E-state index is 13.7. The summed E-state index contributed by atoms with van der Waals surface area (Å²) >= 11 is 5.76. The minimum Gasteiger partial charge on any atom is -0.326 e. The third kappa shape index (κ3) is 4.72. The summed E-state index contributed by atoms with van der Waals surface area (Å²) in [5.74, 6) is -0.986. The lowest BCUT2D eigenvalue weighted by Crippen LogP contribution is -2.17. The molecule has 0 unspecified atom stereocenters. The number of halogens is 2. The predicted molar refractivity (Wildman–Crippen MR) is 105 cm³/mol. The number of carbonyl (C=O) groups excluding carboxylic acids is 1. The second kappa shape index (κ2) is 8.05. The molecule has 0 atom stereocenters. The zero-order valence-corrected chi connectivity index (χ0v) is 16.0. The summed E-state index contributed by atoms with van der Waals surface area (Å²) in [7, 11) is -4.09. The van der Waals surface area contributed by atoms with E-state index in [0.717, 1.165) is 0 Å². The Morgan fingerprint density at radius 2 is 1.89 bits per heavy atom. The summed E-state index contributed by atoms with van der Waals surface area (Å²) in [6.07, 6.45) is 1.23. The third-order valence-electron chi connectivity index (χ3n) is 3.92. The molecule has 144 valence electrons. The fourth-order valence-corrected chi connectivity index (χ4v) is 3.52. The van der Waals surface area contributed by atoms with Crippen LogP contribution in [0.4, 0.5) is 10.1 Å². The van der Waals surface area contributed by atoms with Crippen LogP contribution in [0, 0.1) is 5.82 Å². The Hall–Kier alpha value is -2.81. The van der Waals surface area contributed by atoms with E-state index in [0.29, 0.717) is 11.1 Å². The Bertz CT molecular complexity index is 1140. The first-order chi connectivity index (χ1) is 13.2. The molecule has 2 aromatic carbocycles. The van der Waals surface area contributed by atoms with Crippen molar-refractivity contribution in [2.45, 2.75) is 11.3 Å². The maximum absolute atomic E-state index is 13.7. The monoisotopic (exact) mass is 419 g/mol. The van der Waals surface area contributed by atoms with Crippen molar-refractivity contribution in [2.75, 3.05) is 5.32 Å². The Balaban J connectivity index is 1.90. The van der Waals surface area contributed by atoms with Gasteiger partial charge in [-0.05, 0) is 35.9 Å². The van der Waals surface area contributed by atoms with Gasteiger partial charge in [-0.15, -0.1) is 0 Å². The van der Waals surface area contributed by atoms with Crippen molar-refractivity contribution in [1.82, 2.24) is 4.98 Å². The highest BCUT2D eigenvalue weighted by molar-refractivity contribution is 7.89. The van der Waals surface area contributed by atoms with E-state index in [1.807, 2.05) is 0 Å². The molecule has 1 aromatic heterocycles. The normalized spacial score (nSPS) is 11.2. The quantitative estimate of drug-likeness (QED) is 0.619. The van der Waals surface area contributed by atoms with Crippen molar-refractivity contribution in [3.8, 4) is 11.1 Å². The SMILES string of the molecule is NS(=O)(=O)c1cc(NC(=O)Cc2ccccc2F)ccc1-c1ccc(Cl)nc1. The van der Waals surface area contributed by atoms with Crippen molar-refractivity contribution in [3.63, 3.8) is 0 Å². The van der Waals surface area contributed by atoms with Crippen LogP contribution in [0.5, 0.6) is 0 Å². The molecule has 1 amide bonds. The number of carbonyl (C=O) groups is 1. The standard InChI is InChI=1S/C19H15ClFN3O3S/c20-18-8-5-13(11-23-18)15-7-6-14(10-17(15)28(22,26)27)24-19(25)9-12-3-1-2-4-16(12)21/h1-8,10-11H,9H2,(H,24,25)(H2,22,26,27). The second-order valence-electron chi connectivity index (χ2n) is 5.94. The number of anilines is 1. The molecule has 28 heavy (non-hydrogen) atoms. The molecule has 3 rings (SSSR count). The molecule has 0 saturated heterocycles. The van der Waals surface area contributed by atoms with Crippen molar-refractivity contribution < 1.29 is 17.6 Å². The highest BCUT2D eigenvalue weighted by Crippen LogP contribution is 2.29. The van der Waals surface area contributed by atoms with Crippen LogP contribution in [-0.2, 0) is 21.2 Å². The van der Waals surface area contributed by atoms with E-state index in [4.69, 9.17) is 16.7 Å². The van der Waals surface area contributed by atoms with E-state index < -0.39 is 21.7 Å². The van der Waals surface area contributed by atoms with Gasteiger partial charge in [-0.25, -0.2) is 22.9 Å². The van der Waals surface area contributed by atoms with Crippen LogP contribution in [-0.4, -0.2) is 19.3 Å². The smallest absolute Gasteiger partial charge is 0.238 e. The number of primary sulfonamides is 1. The lowest BCUT2D eigenvalue weighted by atomic mass is 10.1. The van der Waals surface area contributed by atoms with E-state index in [2.05, 4.69) is 10.3 Å². The molecule has 6 nitrogen and oxygen atoms in total. The molecule has 0 aliphatic carbocycles. The molecule has 1 heterocycles. The Labute approximate surface area is 166 Å². The van der Waals surface area contributed by atoms with Gasteiger partial charge in [0.1, 0.15) is 11.0 Å². The van der Waals surface area contributed by atoms with Crippen molar-refractivity contribution in [3.05, 3.63) is 77.3 Å². The van der Waals surface area contributed by atoms with Gasteiger partial charge in [-0.3, -0.25) is 4.79 Å². The second-order valence-corrected chi connectivity index (χ2v) is 7.86. The number of rotatable bonds is 5. The summed E-state index contributed by atoms with van der Waals surface area (Å²) in [6, 6.07) is 13.3. The number of benzene rings is 2. The molecule has 0 saturated carbocycles. The van der Waals surface area contributed by atoms with Crippen molar-refractivity contribution >= 4 is 33.2 Å². The molecule has 0 bridgehead atoms. The number of amides is 1. The lowest BCUT2D eigenvalue weighted by molar-refractivity contribution is -0.115. The van der Waals surface area contributed by atoms with Gasteiger partial charge >= 0.3 is 0 Å². The Kier molecular flexibility index (Phi) is 5.73. The van der Waals surface area contributed by atoms with Crippen LogP contribution in [0.2, 0.25) is 5.15 Å². The fourth-order valence-electron chi connectivity index (χ4n) is 2.63. The van der Waals surface area contributed by atoms with E-state index in [-0.39, 0.29) is 27.7 Å². The molecule has 0 aliphatic heterocycles. The Morgan fingerprint density at radius 1 is 1.14 bits per heavy atom. The van der Waals surface area contributed by atoms with Crippen LogP contribution >= 0.6 is 11.6 Å². The summed E-state index contributed by atoms with van der Waals surface area (Å²) in [4.78, 5) is 16.0. The molecule has 0 radical (unpaired) electrons. The number of aromatic nitrogens is 1. The van der Waals surface area contributed by atoms with Gasteiger partial charge in [0.25, 0.3) is 0 Å². The number of hydrogen-bond acceptors (Lipinski definition) is 4. The summed E-state index contributed by atoms with van der Waals surface area (Å²) < 4.78 is 37.8. The van der Waals surface area contributed by atoms with Crippen LogP contribution in [0.25, 0.3) is 11.1 Å². The van der Waals surface area contributed by atoms with Gasteiger partial charge in [0.05, 0.1) is 11.3 Å². The maximum Gasteiger partial charge on any atom is 0.238 e. The average Bonchev–Trinajstić information content (AvgIpc) is 2.64. The van der Waals surface area contributed by atoms with E-state index in [9.17, 15) is 17.6 Å².